The first-order chi connectivity index (χ1) is 22.1. The molecule has 4 aromatic rings. The molecule has 236 valence electrons. The highest BCUT2D eigenvalue weighted by Crippen LogP contribution is 2.29. The predicted octanol–water partition coefficient (Wildman–Crippen LogP) is 6.45. The van der Waals surface area contributed by atoms with Crippen molar-refractivity contribution in [1.82, 2.24) is 5.32 Å². The molecular weight excluding hydrogens is 608 g/mol. The van der Waals surface area contributed by atoms with Crippen LogP contribution in [0.4, 0.5) is 17.1 Å². The molecule has 3 N–H and O–H groups in total. The first-order valence-electron chi connectivity index (χ1n) is 14.0. The Morgan fingerprint density at radius 1 is 0.891 bits per heavy atom. The summed E-state index contributed by atoms with van der Waals surface area (Å²) in [5.41, 5.74) is 2.27. The fraction of sp³-hybridized carbons (Fsp3) is 0.147. The number of carbonyl (C=O) groups excluding carboxylic acids is 3. The summed E-state index contributed by atoms with van der Waals surface area (Å²) >= 11 is 1.27. The third-order valence-electron chi connectivity index (χ3n) is 6.72. The maximum Gasteiger partial charge on any atom is 0.272 e. The zero-order valence-corrected chi connectivity index (χ0v) is 26.3. The molecule has 4 aromatic carbocycles. The molecule has 0 aliphatic heterocycles. The van der Waals surface area contributed by atoms with E-state index < -0.39 is 22.0 Å². The maximum atomic E-state index is 13.6. The molecule has 0 aromatic heterocycles. The van der Waals surface area contributed by atoms with Crippen molar-refractivity contribution < 1.29 is 28.8 Å². The van der Waals surface area contributed by atoms with E-state index >= 15 is 0 Å². The average molecular weight is 641 g/mol. The number of nitrogens with one attached hydrogen (secondary N) is 3. The van der Waals surface area contributed by atoms with Crippen LogP contribution in [0.3, 0.4) is 0 Å². The molecule has 11 nitrogen and oxygen atoms in total. The largest absolute Gasteiger partial charge is 0.497 e. The van der Waals surface area contributed by atoms with Crippen LogP contribution in [0.1, 0.15) is 28.4 Å². The Balaban J connectivity index is 1.52. The summed E-state index contributed by atoms with van der Waals surface area (Å²) in [6, 6.07) is 24.8. The van der Waals surface area contributed by atoms with Crippen molar-refractivity contribution in [3.8, 4) is 11.5 Å². The van der Waals surface area contributed by atoms with Gasteiger partial charge in [0.1, 0.15) is 17.2 Å². The van der Waals surface area contributed by atoms with Gasteiger partial charge in [-0.2, -0.15) is 0 Å². The lowest BCUT2D eigenvalue weighted by molar-refractivity contribution is -0.384. The van der Waals surface area contributed by atoms with Gasteiger partial charge in [0.05, 0.1) is 24.4 Å². The molecule has 0 radical (unpaired) electrons. The van der Waals surface area contributed by atoms with Crippen LogP contribution < -0.4 is 25.4 Å². The molecule has 0 saturated heterocycles. The van der Waals surface area contributed by atoms with Crippen molar-refractivity contribution in [2.24, 2.45) is 0 Å². The van der Waals surface area contributed by atoms with Gasteiger partial charge in [-0.05, 0) is 80.1 Å². The molecule has 4 rings (SSSR count). The van der Waals surface area contributed by atoms with Gasteiger partial charge in [0.2, 0.25) is 5.91 Å². The normalized spacial score (nSPS) is 11.6. The van der Waals surface area contributed by atoms with Gasteiger partial charge in [-0.15, -0.1) is 11.8 Å². The molecule has 46 heavy (non-hydrogen) atoms. The number of ether oxygens (including phenoxy) is 2. The van der Waals surface area contributed by atoms with E-state index in [9.17, 15) is 24.5 Å². The van der Waals surface area contributed by atoms with Gasteiger partial charge >= 0.3 is 0 Å². The molecule has 0 aliphatic carbocycles. The monoisotopic (exact) mass is 640 g/mol. The highest BCUT2D eigenvalue weighted by Gasteiger charge is 2.19. The standard InChI is InChI=1S/C34H32N4O7S/c1-21-17-26(38(42)43)13-15-29(21)36-32(39)22(2)46-28-12-8-11-25(20-28)35-34(41)30(37-33(40)23-9-6-5-7-10-23)19-24-18-27(44-3)14-16-31(24)45-4/h5-20,22H,1-4H3,(H,35,41)(H,36,39)(H,37,40)/b30-19+. The van der Waals surface area contributed by atoms with Crippen LogP contribution in [0.15, 0.2) is 102 Å². The van der Waals surface area contributed by atoms with E-state index in [-0.39, 0.29) is 17.3 Å². The minimum Gasteiger partial charge on any atom is -0.497 e. The number of amides is 3. The van der Waals surface area contributed by atoms with E-state index in [4.69, 9.17) is 9.47 Å². The Kier molecular flexibility index (Phi) is 11.1. The topological polar surface area (TPSA) is 149 Å². The van der Waals surface area contributed by atoms with Crippen LogP contribution in [0, 0.1) is 17.0 Å². The number of nitro groups is 1. The summed E-state index contributed by atoms with van der Waals surface area (Å²) in [5, 5.41) is 18.8. The Hall–Kier alpha value is -5.62. The van der Waals surface area contributed by atoms with E-state index in [1.54, 1.807) is 86.6 Å². The van der Waals surface area contributed by atoms with Crippen LogP contribution >= 0.6 is 11.8 Å². The second-order valence-corrected chi connectivity index (χ2v) is 11.4. The van der Waals surface area contributed by atoms with Crippen molar-refractivity contribution in [2.75, 3.05) is 24.9 Å². The minimum atomic E-state index is -0.587. The van der Waals surface area contributed by atoms with Crippen LogP contribution in [0.5, 0.6) is 11.5 Å². The quantitative estimate of drug-likeness (QED) is 0.0693. The number of rotatable bonds is 12. The lowest BCUT2D eigenvalue weighted by Gasteiger charge is -2.15. The number of nitrogens with zero attached hydrogens (tertiary/aromatic N) is 1. The van der Waals surface area contributed by atoms with E-state index in [2.05, 4.69) is 16.0 Å². The number of carbonyl (C=O) groups is 3. The van der Waals surface area contributed by atoms with Gasteiger partial charge in [0, 0.05) is 39.5 Å². The van der Waals surface area contributed by atoms with Crippen molar-refractivity contribution in [1.29, 1.82) is 0 Å². The highest BCUT2D eigenvalue weighted by molar-refractivity contribution is 8.00. The maximum absolute atomic E-state index is 13.6. The van der Waals surface area contributed by atoms with Gasteiger partial charge in [0.15, 0.2) is 0 Å². The summed E-state index contributed by atoms with van der Waals surface area (Å²) < 4.78 is 10.8. The van der Waals surface area contributed by atoms with Crippen molar-refractivity contribution >= 4 is 52.6 Å². The SMILES string of the molecule is COc1ccc(OC)c(/C=C(/NC(=O)c2ccccc2)C(=O)Nc2cccc(SC(C)C(=O)Nc3ccc([N+](=O)[O-])cc3C)c2)c1. The second kappa shape index (κ2) is 15.4. The Morgan fingerprint density at radius 2 is 1.65 bits per heavy atom. The number of benzene rings is 4. The highest BCUT2D eigenvalue weighted by atomic mass is 32.2. The summed E-state index contributed by atoms with van der Waals surface area (Å²) in [6.07, 6.45) is 1.50. The van der Waals surface area contributed by atoms with Gasteiger partial charge in [-0.3, -0.25) is 24.5 Å². The molecule has 0 spiro atoms. The molecule has 0 heterocycles. The number of methoxy groups -OCH3 is 2. The molecule has 1 atom stereocenters. The number of hydrogen-bond donors (Lipinski definition) is 3. The zero-order valence-electron chi connectivity index (χ0n) is 25.5. The fourth-order valence-corrected chi connectivity index (χ4v) is 5.22. The molecule has 0 aliphatic rings. The fourth-order valence-electron chi connectivity index (χ4n) is 4.29. The Labute approximate surface area is 270 Å². The number of aryl methyl sites for hydroxylation is 1. The molecule has 3 amide bonds. The van der Waals surface area contributed by atoms with Crippen LogP contribution in [0.25, 0.3) is 6.08 Å². The molecule has 0 saturated carbocycles. The van der Waals surface area contributed by atoms with Crippen molar-refractivity contribution in [3.63, 3.8) is 0 Å². The van der Waals surface area contributed by atoms with Gasteiger partial charge in [-0.25, -0.2) is 0 Å². The first kappa shape index (κ1) is 33.3. The minimum absolute atomic E-state index is 0.0373. The van der Waals surface area contributed by atoms with E-state index in [1.807, 2.05) is 0 Å². The summed E-state index contributed by atoms with van der Waals surface area (Å²) in [5.74, 6) is -0.355. The van der Waals surface area contributed by atoms with Crippen LogP contribution in [-0.4, -0.2) is 42.1 Å². The molecular formula is C34H32N4O7S. The lowest BCUT2D eigenvalue weighted by Crippen LogP contribution is -2.30. The number of anilines is 2. The number of nitro benzene ring substituents is 1. The Morgan fingerprint density at radius 3 is 2.33 bits per heavy atom. The van der Waals surface area contributed by atoms with Crippen molar-refractivity contribution in [3.05, 3.63) is 123 Å². The summed E-state index contributed by atoms with van der Waals surface area (Å²) in [7, 11) is 3.02. The van der Waals surface area contributed by atoms with E-state index in [0.717, 1.165) is 0 Å². The summed E-state index contributed by atoms with van der Waals surface area (Å²) in [6.45, 7) is 3.41. The summed E-state index contributed by atoms with van der Waals surface area (Å²) in [4.78, 5) is 50.8. The molecule has 12 heteroatoms. The molecule has 0 fully saturated rings. The average Bonchev–Trinajstić information content (AvgIpc) is 3.05. The Bertz CT molecular complexity index is 1790. The van der Waals surface area contributed by atoms with Gasteiger partial charge < -0.3 is 25.4 Å². The van der Waals surface area contributed by atoms with Gasteiger partial charge in [-0.1, -0.05) is 24.3 Å². The predicted molar refractivity (Wildman–Crippen MR) is 178 cm³/mol. The number of non-ortho nitro benzene ring substituents is 1. The van der Waals surface area contributed by atoms with Gasteiger partial charge in [0.25, 0.3) is 17.5 Å². The molecule has 0 bridgehead atoms. The zero-order chi connectivity index (χ0) is 33.2. The first-order valence-corrected chi connectivity index (χ1v) is 14.9. The third-order valence-corrected chi connectivity index (χ3v) is 7.81. The van der Waals surface area contributed by atoms with E-state index in [1.165, 1.54) is 50.3 Å². The third kappa shape index (κ3) is 8.73. The smallest absolute Gasteiger partial charge is 0.272 e. The number of hydrogen-bond acceptors (Lipinski definition) is 8. The van der Waals surface area contributed by atoms with Crippen molar-refractivity contribution in [2.45, 2.75) is 24.0 Å². The van der Waals surface area contributed by atoms with E-state index in [0.29, 0.717) is 44.5 Å². The second-order valence-electron chi connectivity index (χ2n) is 9.97. The van der Waals surface area contributed by atoms with Crippen LogP contribution in [-0.2, 0) is 9.59 Å². The lowest BCUT2D eigenvalue weighted by atomic mass is 10.1. The van der Waals surface area contributed by atoms with Crippen LogP contribution in [0.2, 0.25) is 0 Å². The molecule has 1 unspecified atom stereocenters. The number of thioether (sulfide) groups is 1.